The predicted octanol–water partition coefficient (Wildman–Crippen LogP) is 0.583. The van der Waals surface area contributed by atoms with Crippen LogP contribution in [0.2, 0.25) is 6.82 Å². The van der Waals surface area contributed by atoms with Crippen molar-refractivity contribution in [3.05, 3.63) is 0 Å². The van der Waals surface area contributed by atoms with E-state index in [4.69, 9.17) is 0 Å². The fourth-order valence-corrected chi connectivity index (χ4v) is 0. The van der Waals surface area contributed by atoms with Gasteiger partial charge < -0.3 is 0 Å². The van der Waals surface area contributed by atoms with Gasteiger partial charge >= 0.3 is 0 Å². The fraction of sp³-hybridized carbons (Fsp3) is 1.00. The van der Waals surface area contributed by atoms with Gasteiger partial charge in [0.2, 0.25) is 0 Å². The second-order valence-electron chi connectivity index (χ2n) is 0.258. The monoisotopic (exact) mass is 297 g/mol. The van der Waals surface area contributed by atoms with Crippen molar-refractivity contribution in [1.82, 2.24) is 0 Å². The van der Waals surface area contributed by atoms with Crippen LogP contribution in [0.4, 0.5) is 0 Å². The molecule has 0 amide bonds. The molecular formula is CH4BSU. The average molecular weight is 297 g/mol. The zero-order valence-electron chi connectivity index (χ0n) is 2.52. The second kappa shape index (κ2) is 8.82. The third-order valence-corrected chi connectivity index (χ3v) is 0. The van der Waals surface area contributed by atoms with Crippen molar-refractivity contribution in [3.63, 3.8) is 0 Å². The predicted molar refractivity (Wildman–Crippen MR) is 20.6 cm³/mol. The molecule has 1 radical (unpaired) electrons. The Morgan fingerprint density at radius 2 is 1.75 bits per heavy atom. The maximum absolute atomic E-state index is 3.66. The number of hydrogen-bond acceptors (Lipinski definition) is 1. The van der Waals surface area contributed by atoms with Crippen molar-refractivity contribution in [1.29, 1.82) is 0 Å². The van der Waals surface area contributed by atoms with Crippen molar-refractivity contribution < 1.29 is 31.1 Å². The molecule has 0 heterocycles. The summed E-state index contributed by atoms with van der Waals surface area (Å²) < 4.78 is 0. The van der Waals surface area contributed by atoms with E-state index in [2.05, 4.69) is 12.5 Å². The van der Waals surface area contributed by atoms with Gasteiger partial charge in [-0.2, -0.15) is 0 Å². The molecule has 0 N–H and O–H groups in total. The summed E-state index contributed by atoms with van der Waals surface area (Å²) in [5.41, 5.74) is 0. The van der Waals surface area contributed by atoms with Crippen LogP contribution in [0.3, 0.4) is 0 Å². The van der Waals surface area contributed by atoms with E-state index in [0.717, 1.165) is 0 Å². The maximum atomic E-state index is 3.66. The smallest absolute Gasteiger partial charge is 0.183 e. The Morgan fingerprint density at radius 1 is 1.75 bits per heavy atom. The van der Waals surface area contributed by atoms with Crippen LogP contribution in [0, 0.1) is 31.1 Å². The van der Waals surface area contributed by atoms with Gasteiger partial charge in [-0.3, -0.25) is 0 Å². The summed E-state index contributed by atoms with van der Waals surface area (Å²) >= 11 is 3.66. The number of thiol groups is 1. The van der Waals surface area contributed by atoms with Crippen molar-refractivity contribution in [2.24, 2.45) is 0 Å². The molecule has 0 fully saturated rings. The van der Waals surface area contributed by atoms with Crippen LogP contribution in [-0.4, -0.2) is 6.56 Å². The molecular weight excluding hydrogens is 293 g/mol. The van der Waals surface area contributed by atoms with Crippen LogP contribution in [0.15, 0.2) is 0 Å². The van der Waals surface area contributed by atoms with Crippen LogP contribution >= 0.6 is 12.5 Å². The van der Waals surface area contributed by atoms with Gasteiger partial charge in [-0.25, -0.2) is 12.5 Å². The molecule has 0 saturated heterocycles. The Kier molecular flexibility index (Phi) is 20.0. The Labute approximate surface area is 56.7 Å². The largest absolute Gasteiger partial charge is 0.235 e. The van der Waals surface area contributed by atoms with Gasteiger partial charge in [-0.1, -0.05) is 6.82 Å². The first kappa shape index (κ1) is 9.08. The van der Waals surface area contributed by atoms with E-state index in [1.165, 1.54) is 0 Å². The zero-order chi connectivity index (χ0) is 2.71. The van der Waals surface area contributed by atoms with E-state index < -0.39 is 0 Å². The molecule has 0 saturated carbocycles. The molecule has 4 heavy (non-hydrogen) atoms. The van der Waals surface area contributed by atoms with Crippen LogP contribution in [-0.2, 0) is 0 Å². The molecule has 3 heteroatoms. The minimum absolute atomic E-state index is 0. The first-order valence-corrected chi connectivity index (χ1v) is 1.35. The zero-order valence-corrected chi connectivity index (χ0v) is 7.58. The molecule has 0 unspecified atom stereocenters. The van der Waals surface area contributed by atoms with E-state index in [0.29, 0.717) is 0 Å². The molecule has 0 aliphatic heterocycles. The first-order valence-electron chi connectivity index (χ1n) is 0.836. The molecule has 21 valence electrons. The summed E-state index contributed by atoms with van der Waals surface area (Å²) in [6.07, 6.45) is 0. The van der Waals surface area contributed by atoms with Gasteiger partial charge in [0.05, 0.1) is 0 Å². The van der Waals surface area contributed by atoms with Crippen molar-refractivity contribution >= 4 is 19.0 Å². The van der Waals surface area contributed by atoms with Gasteiger partial charge in [0, 0.05) is 31.1 Å². The van der Waals surface area contributed by atoms with Crippen molar-refractivity contribution in [2.75, 3.05) is 0 Å². The maximum Gasteiger partial charge on any atom is 0.183 e. The van der Waals surface area contributed by atoms with E-state index in [1.807, 2.05) is 6.82 Å². The normalized spacial score (nSPS) is 3.50. The molecule has 0 bridgehead atoms. The SMILES string of the molecule is C[B]S.[U]. The van der Waals surface area contributed by atoms with Crippen molar-refractivity contribution in [2.45, 2.75) is 6.82 Å². The van der Waals surface area contributed by atoms with Crippen LogP contribution in [0.25, 0.3) is 0 Å². The van der Waals surface area contributed by atoms with Gasteiger partial charge in [0.15, 0.2) is 6.56 Å². The summed E-state index contributed by atoms with van der Waals surface area (Å²) in [6.45, 7) is 3.56. The van der Waals surface area contributed by atoms with Crippen LogP contribution in [0.5, 0.6) is 0 Å². The summed E-state index contributed by atoms with van der Waals surface area (Å²) in [4.78, 5) is 0. The number of hydrogen-bond donors (Lipinski definition) is 1. The summed E-state index contributed by atoms with van der Waals surface area (Å²) in [7, 11) is 0. The summed E-state index contributed by atoms with van der Waals surface area (Å²) in [6, 6.07) is 0. The quantitative estimate of drug-likeness (QED) is 0.491. The molecule has 0 aliphatic carbocycles. The Bertz CT molecular complexity index is 8.00. The van der Waals surface area contributed by atoms with Gasteiger partial charge in [-0.15, -0.1) is 0 Å². The Balaban J connectivity index is 0. The van der Waals surface area contributed by atoms with E-state index >= 15 is 0 Å². The third-order valence-electron chi connectivity index (χ3n) is 0. The summed E-state index contributed by atoms with van der Waals surface area (Å²) in [5.74, 6) is 0. The van der Waals surface area contributed by atoms with Crippen LogP contribution < -0.4 is 0 Å². The molecule has 0 rings (SSSR count). The average Bonchev–Trinajstić information content (AvgIpc) is 0.918. The van der Waals surface area contributed by atoms with E-state index in [9.17, 15) is 0 Å². The minimum atomic E-state index is 0. The van der Waals surface area contributed by atoms with Crippen LogP contribution in [0.1, 0.15) is 0 Å². The van der Waals surface area contributed by atoms with E-state index in [1.54, 1.807) is 6.56 Å². The van der Waals surface area contributed by atoms with Gasteiger partial charge in [-0.05, 0) is 0 Å². The fourth-order valence-electron chi connectivity index (χ4n) is 0. The topological polar surface area (TPSA) is 0 Å². The summed E-state index contributed by atoms with van der Waals surface area (Å²) in [5, 5.41) is 0. The standard InChI is InChI=1S/CH4BS.U/c1-2-3;/h3H,1H3;. The molecule has 0 aromatic heterocycles. The molecule has 0 spiro atoms. The molecule has 0 aromatic carbocycles. The Morgan fingerprint density at radius 3 is 1.75 bits per heavy atom. The third kappa shape index (κ3) is 9.80. The molecule has 0 nitrogen and oxygen atoms in total. The molecule has 0 aromatic rings. The van der Waals surface area contributed by atoms with Crippen molar-refractivity contribution in [3.8, 4) is 0 Å². The van der Waals surface area contributed by atoms with Gasteiger partial charge in [0.1, 0.15) is 0 Å². The Hall–Kier alpha value is 1.47. The second-order valence-corrected chi connectivity index (χ2v) is 0.775. The van der Waals surface area contributed by atoms with E-state index in [-0.39, 0.29) is 31.1 Å². The van der Waals surface area contributed by atoms with Gasteiger partial charge in [0.25, 0.3) is 0 Å². The minimum Gasteiger partial charge on any atom is -0.235 e. The number of rotatable bonds is 0. The molecule has 0 atom stereocenters. The molecule has 0 aliphatic rings. The first-order chi connectivity index (χ1) is 1.41.